The van der Waals surface area contributed by atoms with Crippen LogP contribution in [0.5, 0.6) is 0 Å². The average Bonchev–Trinajstić information content (AvgIpc) is 3.04. The van der Waals surface area contributed by atoms with E-state index in [0.29, 0.717) is 31.4 Å². The first-order valence-electron chi connectivity index (χ1n) is 9.53. The van der Waals surface area contributed by atoms with Crippen LogP contribution in [0.2, 0.25) is 0 Å². The Morgan fingerprint density at radius 1 is 1.36 bits per heavy atom. The van der Waals surface area contributed by atoms with Gasteiger partial charge in [-0.25, -0.2) is 4.79 Å². The third-order valence-electron chi connectivity index (χ3n) is 4.77. The van der Waals surface area contributed by atoms with Crippen molar-refractivity contribution in [2.75, 3.05) is 6.54 Å². The molecule has 148 valence electrons. The second-order valence-corrected chi connectivity index (χ2v) is 6.82. The Morgan fingerprint density at radius 3 is 2.71 bits per heavy atom. The molecule has 0 aliphatic carbocycles. The van der Waals surface area contributed by atoms with E-state index in [4.69, 9.17) is 5.11 Å². The summed E-state index contributed by atoms with van der Waals surface area (Å²) >= 11 is 0. The zero-order valence-corrected chi connectivity index (χ0v) is 16.2. The molecule has 2 N–H and O–H groups in total. The Labute approximate surface area is 166 Å². The van der Waals surface area contributed by atoms with E-state index in [2.05, 4.69) is 18.4 Å². The van der Waals surface area contributed by atoms with Crippen LogP contribution in [-0.4, -0.2) is 45.7 Å². The Balaban J connectivity index is 1.93. The molecule has 0 saturated carbocycles. The molecule has 0 radical (unpaired) electrons. The van der Waals surface area contributed by atoms with Gasteiger partial charge >= 0.3 is 5.97 Å². The van der Waals surface area contributed by atoms with E-state index in [1.807, 2.05) is 17.9 Å². The van der Waals surface area contributed by atoms with Gasteiger partial charge in [-0.05, 0) is 36.1 Å². The summed E-state index contributed by atoms with van der Waals surface area (Å²) in [7, 11) is 0. The summed E-state index contributed by atoms with van der Waals surface area (Å²) in [5.41, 5.74) is 1.88. The van der Waals surface area contributed by atoms with Crippen LogP contribution in [0, 0.1) is 11.8 Å². The van der Waals surface area contributed by atoms with Gasteiger partial charge < -0.3 is 15.1 Å². The molecule has 1 aromatic rings. The van der Waals surface area contributed by atoms with Gasteiger partial charge in [0, 0.05) is 25.8 Å². The smallest absolute Gasteiger partial charge is 0.335 e. The minimum atomic E-state index is -0.952. The first-order chi connectivity index (χ1) is 13.4. The molecule has 5 heteroatoms. The third kappa shape index (κ3) is 6.11. The summed E-state index contributed by atoms with van der Waals surface area (Å²) in [5.74, 6) is 5.06. The van der Waals surface area contributed by atoms with Crippen molar-refractivity contribution in [3.63, 3.8) is 0 Å². The van der Waals surface area contributed by atoms with E-state index in [1.54, 1.807) is 30.3 Å². The van der Waals surface area contributed by atoms with Gasteiger partial charge in [-0.1, -0.05) is 43.7 Å². The molecule has 1 aliphatic rings. The lowest BCUT2D eigenvalue weighted by Crippen LogP contribution is -2.33. The minimum absolute atomic E-state index is 0.0463. The number of hydrogen-bond donors (Lipinski definition) is 2. The highest BCUT2D eigenvalue weighted by Gasteiger charge is 2.28. The van der Waals surface area contributed by atoms with E-state index in [1.165, 1.54) is 0 Å². The Bertz CT molecular complexity index is 798. The number of benzene rings is 1. The fourth-order valence-corrected chi connectivity index (χ4v) is 3.09. The van der Waals surface area contributed by atoms with Gasteiger partial charge in [0.1, 0.15) is 0 Å². The highest BCUT2D eigenvalue weighted by Crippen LogP contribution is 2.21. The molecule has 2 atom stereocenters. The summed E-state index contributed by atoms with van der Waals surface area (Å²) in [6.45, 7) is 6.40. The number of likely N-dealkylation sites (tertiary alicyclic amines) is 1. The van der Waals surface area contributed by atoms with Gasteiger partial charge in [0.2, 0.25) is 5.91 Å². The van der Waals surface area contributed by atoms with Crippen molar-refractivity contribution >= 4 is 11.9 Å². The van der Waals surface area contributed by atoms with Crippen molar-refractivity contribution in [3.8, 4) is 11.8 Å². The molecule has 5 nitrogen and oxygen atoms in total. The Morgan fingerprint density at radius 2 is 2.07 bits per heavy atom. The lowest BCUT2D eigenvalue weighted by Gasteiger charge is -2.23. The molecule has 1 saturated heterocycles. The van der Waals surface area contributed by atoms with Crippen LogP contribution in [0.15, 0.2) is 48.6 Å². The average molecular weight is 381 g/mol. The normalized spacial score (nSPS) is 17.4. The first-order valence-corrected chi connectivity index (χ1v) is 9.53. The van der Waals surface area contributed by atoms with E-state index in [9.17, 15) is 14.7 Å². The lowest BCUT2D eigenvalue weighted by molar-refractivity contribution is -0.128. The molecule has 0 bridgehead atoms. The molecular weight excluding hydrogens is 354 g/mol. The maximum atomic E-state index is 12.2. The van der Waals surface area contributed by atoms with Crippen LogP contribution < -0.4 is 0 Å². The summed E-state index contributed by atoms with van der Waals surface area (Å²) < 4.78 is 0. The molecule has 1 fully saturated rings. The van der Waals surface area contributed by atoms with Crippen molar-refractivity contribution in [1.82, 2.24) is 4.90 Å². The predicted molar refractivity (Wildman–Crippen MR) is 109 cm³/mol. The SMILES string of the molecule is C=C(CC#CCC)[C@H](O)/C=C/[C@H]1CCC(=O)N1CCc1ccc(C(=O)O)cc1. The van der Waals surface area contributed by atoms with Crippen molar-refractivity contribution in [2.45, 2.75) is 51.2 Å². The number of carboxylic acids is 1. The van der Waals surface area contributed by atoms with Gasteiger partial charge in [-0.3, -0.25) is 4.79 Å². The number of nitrogens with zero attached hydrogens (tertiary/aromatic N) is 1. The maximum Gasteiger partial charge on any atom is 0.335 e. The summed E-state index contributed by atoms with van der Waals surface area (Å²) in [4.78, 5) is 25.0. The summed E-state index contributed by atoms with van der Waals surface area (Å²) in [5, 5.41) is 19.2. The van der Waals surface area contributed by atoms with Crippen LogP contribution in [0.4, 0.5) is 0 Å². The number of hydrogen-bond acceptors (Lipinski definition) is 3. The highest BCUT2D eigenvalue weighted by atomic mass is 16.4. The van der Waals surface area contributed by atoms with E-state index >= 15 is 0 Å². The van der Waals surface area contributed by atoms with Crippen LogP contribution in [0.3, 0.4) is 0 Å². The quantitative estimate of drug-likeness (QED) is 0.535. The number of amides is 1. The maximum absolute atomic E-state index is 12.2. The zero-order chi connectivity index (χ0) is 20.5. The number of aliphatic hydroxyl groups is 1. The number of carbonyl (C=O) groups excluding carboxylic acids is 1. The third-order valence-corrected chi connectivity index (χ3v) is 4.77. The molecule has 1 heterocycles. The number of aromatic carboxylic acids is 1. The van der Waals surface area contributed by atoms with Gasteiger partial charge in [0.15, 0.2) is 0 Å². The minimum Gasteiger partial charge on any atom is -0.478 e. The van der Waals surface area contributed by atoms with Gasteiger partial charge in [0.05, 0.1) is 17.7 Å². The Kier molecular flexibility index (Phi) is 8.03. The molecule has 2 rings (SSSR count). The van der Waals surface area contributed by atoms with Crippen molar-refractivity contribution < 1.29 is 19.8 Å². The standard InChI is InChI=1S/C23H27NO4/c1-3-4-5-6-17(2)21(25)13-11-20-12-14-22(26)24(20)16-15-18-7-9-19(10-8-18)23(27)28/h7-11,13,20-21,25H,2-3,6,12,14-16H2,1H3,(H,27,28)/b13-11+/t20-,21+/m0/s1. The lowest BCUT2D eigenvalue weighted by atomic mass is 10.1. The van der Waals surface area contributed by atoms with Crippen molar-refractivity contribution in [1.29, 1.82) is 0 Å². The van der Waals surface area contributed by atoms with Gasteiger partial charge in [-0.2, -0.15) is 0 Å². The number of aliphatic hydroxyl groups excluding tert-OH is 1. The summed E-state index contributed by atoms with van der Waals surface area (Å²) in [6, 6.07) is 6.66. The summed E-state index contributed by atoms with van der Waals surface area (Å²) in [6.07, 6.45) is 5.89. The van der Waals surface area contributed by atoms with Crippen LogP contribution in [0.1, 0.15) is 48.5 Å². The largest absolute Gasteiger partial charge is 0.478 e. The van der Waals surface area contributed by atoms with Gasteiger partial charge in [0.25, 0.3) is 0 Å². The van der Waals surface area contributed by atoms with Crippen molar-refractivity contribution in [3.05, 3.63) is 59.7 Å². The van der Waals surface area contributed by atoms with Gasteiger partial charge in [-0.15, -0.1) is 5.92 Å². The zero-order valence-electron chi connectivity index (χ0n) is 16.2. The second-order valence-electron chi connectivity index (χ2n) is 6.82. The van der Waals surface area contributed by atoms with E-state index < -0.39 is 12.1 Å². The molecule has 1 amide bonds. The molecule has 0 aromatic heterocycles. The van der Waals surface area contributed by atoms with Crippen LogP contribution in [0.25, 0.3) is 0 Å². The van der Waals surface area contributed by atoms with Crippen molar-refractivity contribution in [2.24, 2.45) is 0 Å². The number of rotatable bonds is 8. The number of carbonyl (C=O) groups is 2. The molecule has 28 heavy (non-hydrogen) atoms. The number of carboxylic acid groups (broad SMARTS) is 1. The molecule has 0 unspecified atom stereocenters. The molecular formula is C23H27NO4. The predicted octanol–water partition coefficient (Wildman–Crippen LogP) is 3.20. The monoisotopic (exact) mass is 381 g/mol. The topological polar surface area (TPSA) is 77.8 Å². The van der Waals surface area contributed by atoms with Crippen LogP contribution in [-0.2, 0) is 11.2 Å². The van der Waals surface area contributed by atoms with Crippen LogP contribution >= 0.6 is 0 Å². The molecule has 0 spiro atoms. The Hall–Kier alpha value is -2.84. The molecule has 1 aliphatic heterocycles. The molecule has 1 aromatic carbocycles. The van der Waals surface area contributed by atoms with E-state index in [-0.39, 0.29) is 17.5 Å². The highest BCUT2D eigenvalue weighted by molar-refractivity contribution is 5.87. The second kappa shape index (κ2) is 10.5. The van der Waals surface area contributed by atoms with E-state index in [0.717, 1.165) is 18.4 Å². The fraction of sp³-hybridized carbons (Fsp3) is 0.391. The first kappa shape index (κ1) is 21.5. The fourth-order valence-electron chi connectivity index (χ4n) is 3.09.